The van der Waals surface area contributed by atoms with E-state index in [4.69, 9.17) is 14.2 Å². The molecule has 0 radical (unpaired) electrons. The van der Waals surface area contributed by atoms with Crippen LogP contribution in [-0.2, 0) is 28.6 Å². The fourth-order valence-corrected chi connectivity index (χ4v) is 9.84. The Morgan fingerprint density at radius 3 is 0.789 bits per heavy atom. The Kier molecular flexibility index (Phi) is 62.2. The molecular weight excluding hydrogens is 937 g/mol. The summed E-state index contributed by atoms with van der Waals surface area (Å²) in [5.41, 5.74) is 0. The lowest BCUT2D eigenvalue weighted by molar-refractivity contribution is -0.167. The van der Waals surface area contributed by atoms with E-state index >= 15 is 0 Å². The molecule has 0 saturated heterocycles. The summed E-state index contributed by atoms with van der Waals surface area (Å²) in [6.45, 7) is 6.48. The van der Waals surface area contributed by atoms with Crippen molar-refractivity contribution in [2.45, 2.75) is 354 Å². The average Bonchev–Trinajstić information content (AvgIpc) is 3.42. The van der Waals surface area contributed by atoms with E-state index in [1.54, 1.807) is 0 Å². The Bertz CT molecular complexity index is 1360. The molecule has 76 heavy (non-hydrogen) atoms. The zero-order valence-electron chi connectivity index (χ0n) is 50.8. The second kappa shape index (κ2) is 64.6. The third-order valence-electron chi connectivity index (χ3n) is 14.8. The summed E-state index contributed by atoms with van der Waals surface area (Å²) in [7, 11) is 0. The Morgan fingerprint density at radius 2 is 0.513 bits per heavy atom. The van der Waals surface area contributed by atoms with Crippen LogP contribution in [0.15, 0.2) is 60.8 Å². The van der Waals surface area contributed by atoms with Crippen LogP contribution in [0.25, 0.3) is 0 Å². The standard InChI is InChI=1S/C70H126O6/c1-4-7-10-13-16-18-20-22-24-26-27-28-29-30-31-32-33-34-35-36-37-38-39-40-41-42-44-45-47-49-51-54-57-60-63-69(72)75-66-67(65-74-68(71)62-59-56-53-15-12-9-6-3)76-70(73)64-61-58-55-52-50-48-46-43-25-23-21-19-17-14-11-8-5-2/h8,11,17,19,23,25,46,48,52,55,67H,4-7,9-10,12-16,18,20-22,24,26-45,47,49-51,53-54,56-66H2,1-3H3/b11-8-,19-17-,25-23-,48-46-,55-52-. The van der Waals surface area contributed by atoms with E-state index < -0.39 is 6.10 Å². The van der Waals surface area contributed by atoms with Crippen molar-refractivity contribution in [2.24, 2.45) is 0 Å². The molecule has 0 rings (SSSR count). The SMILES string of the molecule is CC/C=C\C/C=C\C/C=C\C/C=C\C/C=C\CCCC(=O)OC(COC(=O)CCCCCCCCC)COC(=O)CCCCCCCCCCCCCCCCCCCCCCCCCCCCCCCCCCCC. The summed E-state index contributed by atoms with van der Waals surface area (Å²) in [6.07, 6.45) is 83.0. The van der Waals surface area contributed by atoms with E-state index in [0.717, 1.165) is 77.0 Å². The number of ether oxygens (including phenoxy) is 3. The molecular formula is C70H126O6. The van der Waals surface area contributed by atoms with Gasteiger partial charge in [0.25, 0.3) is 0 Å². The summed E-state index contributed by atoms with van der Waals surface area (Å²) in [4.78, 5) is 38.0. The van der Waals surface area contributed by atoms with E-state index in [0.29, 0.717) is 19.3 Å². The molecule has 1 unspecified atom stereocenters. The molecule has 1 atom stereocenters. The van der Waals surface area contributed by atoms with Gasteiger partial charge in [0.05, 0.1) is 0 Å². The van der Waals surface area contributed by atoms with Gasteiger partial charge in [0, 0.05) is 19.3 Å². The van der Waals surface area contributed by atoms with Crippen LogP contribution in [0.3, 0.4) is 0 Å². The fourth-order valence-electron chi connectivity index (χ4n) is 9.84. The minimum atomic E-state index is -0.800. The van der Waals surface area contributed by atoms with Gasteiger partial charge in [-0.25, -0.2) is 0 Å². The van der Waals surface area contributed by atoms with Crippen LogP contribution in [0.5, 0.6) is 0 Å². The first-order valence-corrected chi connectivity index (χ1v) is 33.3. The number of hydrogen-bond acceptors (Lipinski definition) is 6. The Labute approximate surface area is 472 Å². The molecule has 0 N–H and O–H groups in total. The average molecular weight is 1060 g/mol. The molecule has 0 aromatic carbocycles. The Balaban J connectivity index is 3.98. The molecule has 0 aliphatic heterocycles. The number of hydrogen-bond donors (Lipinski definition) is 0. The van der Waals surface area contributed by atoms with Gasteiger partial charge >= 0.3 is 17.9 Å². The molecule has 442 valence electrons. The van der Waals surface area contributed by atoms with Crippen LogP contribution in [-0.4, -0.2) is 37.2 Å². The molecule has 0 aliphatic rings. The van der Waals surface area contributed by atoms with Crippen molar-refractivity contribution in [3.63, 3.8) is 0 Å². The van der Waals surface area contributed by atoms with Crippen molar-refractivity contribution in [1.82, 2.24) is 0 Å². The quantitative estimate of drug-likeness (QED) is 0.0261. The maximum absolute atomic E-state index is 12.8. The normalized spacial score (nSPS) is 12.4. The molecule has 0 bridgehead atoms. The summed E-state index contributed by atoms with van der Waals surface area (Å²) in [6, 6.07) is 0. The lowest BCUT2D eigenvalue weighted by atomic mass is 10.0. The minimum absolute atomic E-state index is 0.0935. The maximum Gasteiger partial charge on any atom is 0.306 e. The van der Waals surface area contributed by atoms with Crippen molar-refractivity contribution in [2.75, 3.05) is 13.2 Å². The molecule has 0 amide bonds. The third-order valence-corrected chi connectivity index (χ3v) is 14.8. The molecule has 0 aliphatic carbocycles. The van der Waals surface area contributed by atoms with Gasteiger partial charge in [-0.15, -0.1) is 0 Å². The van der Waals surface area contributed by atoms with E-state index in [2.05, 4.69) is 81.5 Å². The predicted molar refractivity (Wildman–Crippen MR) is 330 cm³/mol. The largest absolute Gasteiger partial charge is 0.462 e. The second-order valence-electron chi connectivity index (χ2n) is 22.4. The monoisotopic (exact) mass is 1060 g/mol. The molecule has 0 spiro atoms. The Morgan fingerprint density at radius 1 is 0.276 bits per heavy atom. The van der Waals surface area contributed by atoms with Gasteiger partial charge in [0.15, 0.2) is 6.10 Å². The minimum Gasteiger partial charge on any atom is -0.462 e. The van der Waals surface area contributed by atoms with Gasteiger partial charge in [0.2, 0.25) is 0 Å². The number of rotatable bonds is 61. The van der Waals surface area contributed by atoms with Crippen molar-refractivity contribution in [1.29, 1.82) is 0 Å². The van der Waals surface area contributed by atoms with Gasteiger partial charge in [-0.2, -0.15) is 0 Å². The molecule has 0 heterocycles. The van der Waals surface area contributed by atoms with Crippen LogP contribution in [0.1, 0.15) is 348 Å². The smallest absolute Gasteiger partial charge is 0.306 e. The van der Waals surface area contributed by atoms with Crippen LogP contribution in [0, 0.1) is 0 Å². The predicted octanol–water partition coefficient (Wildman–Crippen LogP) is 22.7. The highest BCUT2D eigenvalue weighted by Gasteiger charge is 2.19. The number of unbranched alkanes of at least 4 members (excludes halogenated alkanes) is 40. The van der Waals surface area contributed by atoms with Crippen molar-refractivity contribution >= 4 is 17.9 Å². The number of carbonyl (C=O) groups is 3. The van der Waals surface area contributed by atoms with E-state index in [1.807, 2.05) is 0 Å². The number of esters is 3. The first-order chi connectivity index (χ1) is 37.5. The molecule has 6 nitrogen and oxygen atoms in total. The lowest BCUT2D eigenvalue weighted by Crippen LogP contribution is -2.30. The fraction of sp³-hybridized carbons (Fsp3) is 0.814. The molecule has 0 aromatic heterocycles. The molecule has 0 saturated carbocycles. The highest BCUT2D eigenvalue weighted by Crippen LogP contribution is 2.18. The van der Waals surface area contributed by atoms with Crippen molar-refractivity contribution in [3.05, 3.63) is 60.8 Å². The van der Waals surface area contributed by atoms with Crippen LogP contribution >= 0.6 is 0 Å². The van der Waals surface area contributed by atoms with Gasteiger partial charge in [0.1, 0.15) is 13.2 Å². The number of allylic oxidation sites excluding steroid dienone is 10. The summed E-state index contributed by atoms with van der Waals surface area (Å²) in [5, 5.41) is 0. The van der Waals surface area contributed by atoms with Gasteiger partial charge < -0.3 is 14.2 Å². The van der Waals surface area contributed by atoms with Crippen LogP contribution in [0.2, 0.25) is 0 Å². The van der Waals surface area contributed by atoms with Gasteiger partial charge in [-0.3, -0.25) is 14.4 Å². The lowest BCUT2D eigenvalue weighted by Gasteiger charge is -2.18. The highest BCUT2D eigenvalue weighted by atomic mass is 16.6. The molecule has 0 aromatic rings. The summed E-state index contributed by atoms with van der Waals surface area (Å²) < 4.78 is 16.8. The molecule has 0 fully saturated rings. The van der Waals surface area contributed by atoms with Gasteiger partial charge in [-0.1, -0.05) is 332 Å². The zero-order valence-corrected chi connectivity index (χ0v) is 50.8. The van der Waals surface area contributed by atoms with Crippen LogP contribution < -0.4 is 0 Å². The van der Waals surface area contributed by atoms with E-state index in [9.17, 15) is 14.4 Å². The molecule has 6 heteroatoms. The van der Waals surface area contributed by atoms with Crippen molar-refractivity contribution < 1.29 is 28.6 Å². The first kappa shape index (κ1) is 73.1. The van der Waals surface area contributed by atoms with Crippen LogP contribution in [0.4, 0.5) is 0 Å². The van der Waals surface area contributed by atoms with Gasteiger partial charge in [-0.05, 0) is 57.8 Å². The Hall–Kier alpha value is -2.89. The first-order valence-electron chi connectivity index (χ1n) is 33.3. The second-order valence-corrected chi connectivity index (χ2v) is 22.4. The summed E-state index contributed by atoms with van der Waals surface area (Å²) >= 11 is 0. The topological polar surface area (TPSA) is 78.9 Å². The van der Waals surface area contributed by atoms with Crippen molar-refractivity contribution in [3.8, 4) is 0 Å². The third kappa shape index (κ3) is 62.0. The highest BCUT2D eigenvalue weighted by molar-refractivity contribution is 5.71. The zero-order chi connectivity index (χ0) is 55.0. The summed E-state index contributed by atoms with van der Waals surface area (Å²) in [5.74, 6) is -0.946. The van der Waals surface area contributed by atoms with E-state index in [-0.39, 0.29) is 37.5 Å². The maximum atomic E-state index is 12.8. The number of carbonyl (C=O) groups excluding carboxylic acids is 3. The van der Waals surface area contributed by atoms with E-state index in [1.165, 1.54) is 225 Å².